The van der Waals surface area contributed by atoms with Gasteiger partial charge < -0.3 is 23.7 Å². The van der Waals surface area contributed by atoms with Crippen molar-refractivity contribution in [2.45, 2.75) is 45.3 Å². The Morgan fingerprint density at radius 1 is 1.32 bits per heavy atom. The van der Waals surface area contributed by atoms with Crippen LogP contribution >= 0.6 is 0 Å². The van der Waals surface area contributed by atoms with Gasteiger partial charge in [0.05, 0.1) is 12.2 Å². The molecule has 10 nitrogen and oxygen atoms in total. The standard InChI is InChI=1S/C15H21NO9/c1-5-22-14(18)10-7(2)24-13-9(6-23-8(3)17)25-15(21-4)11(10)12(13)16(19)20/h9,11-13,15H,5-6H2,1-4H3/t9-,11-,12+,13-,15-/m1/s1. The third kappa shape index (κ3) is 3.74. The number of hydrogen-bond donors (Lipinski definition) is 0. The molecule has 0 aromatic rings. The van der Waals surface area contributed by atoms with E-state index < -0.39 is 47.3 Å². The first-order valence-electron chi connectivity index (χ1n) is 7.81. The molecule has 0 N–H and O–H groups in total. The molecule has 10 heteroatoms. The van der Waals surface area contributed by atoms with Gasteiger partial charge in [0.25, 0.3) is 6.04 Å². The van der Waals surface area contributed by atoms with E-state index in [4.69, 9.17) is 23.7 Å². The number of hydrogen-bond acceptors (Lipinski definition) is 9. The zero-order valence-corrected chi connectivity index (χ0v) is 14.4. The number of nitro groups is 1. The van der Waals surface area contributed by atoms with E-state index in [2.05, 4.69) is 0 Å². The largest absolute Gasteiger partial charge is 0.484 e. The number of carbonyl (C=O) groups excluding carboxylic acids is 2. The Bertz CT molecular complexity index is 588. The molecule has 2 heterocycles. The summed E-state index contributed by atoms with van der Waals surface area (Å²) in [5.41, 5.74) is 0.0255. The second-order valence-electron chi connectivity index (χ2n) is 5.66. The molecule has 0 amide bonds. The molecule has 1 fully saturated rings. The minimum absolute atomic E-state index is 0.0255. The van der Waals surface area contributed by atoms with Crippen molar-refractivity contribution in [1.29, 1.82) is 0 Å². The lowest BCUT2D eigenvalue weighted by Gasteiger charge is -2.45. The highest BCUT2D eigenvalue weighted by molar-refractivity contribution is 5.90. The summed E-state index contributed by atoms with van der Waals surface area (Å²) < 4.78 is 26.4. The van der Waals surface area contributed by atoms with Crippen LogP contribution in [0.3, 0.4) is 0 Å². The van der Waals surface area contributed by atoms with Gasteiger partial charge >= 0.3 is 11.9 Å². The smallest absolute Gasteiger partial charge is 0.338 e. The van der Waals surface area contributed by atoms with Crippen molar-refractivity contribution in [2.75, 3.05) is 20.3 Å². The number of esters is 2. The second kappa shape index (κ2) is 7.79. The van der Waals surface area contributed by atoms with Crippen molar-refractivity contribution in [2.24, 2.45) is 5.92 Å². The lowest BCUT2D eigenvalue weighted by molar-refractivity contribution is -0.562. The van der Waals surface area contributed by atoms with Crippen LogP contribution in [0.25, 0.3) is 0 Å². The predicted molar refractivity (Wildman–Crippen MR) is 80.8 cm³/mol. The molecule has 0 aromatic carbocycles. The van der Waals surface area contributed by atoms with E-state index in [9.17, 15) is 19.7 Å². The van der Waals surface area contributed by atoms with E-state index >= 15 is 0 Å². The number of methoxy groups -OCH3 is 1. The topological polar surface area (TPSA) is 123 Å². The first-order chi connectivity index (χ1) is 11.8. The fourth-order valence-electron chi connectivity index (χ4n) is 3.15. The molecule has 5 atom stereocenters. The number of fused-ring (bicyclic) bond motifs is 2. The number of carbonyl (C=O) groups is 2. The van der Waals surface area contributed by atoms with Gasteiger partial charge in [0.15, 0.2) is 12.4 Å². The van der Waals surface area contributed by atoms with Crippen LogP contribution in [0.15, 0.2) is 11.3 Å². The SMILES string of the molecule is CCOC(=O)C1=C(C)O[C@H]2[C@@H]([N+](=O)[O-])[C@@H]1[C@H](OC)O[C@@H]2COC(C)=O. The molecule has 0 spiro atoms. The van der Waals surface area contributed by atoms with Crippen LogP contribution in [0.4, 0.5) is 0 Å². The van der Waals surface area contributed by atoms with E-state index in [0.717, 1.165) is 0 Å². The maximum Gasteiger partial charge on any atom is 0.338 e. The van der Waals surface area contributed by atoms with E-state index in [1.165, 1.54) is 21.0 Å². The minimum atomic E-state index is -1.30. The normalized spacial score (nSPS) is 31.1. The van der Waals surface area contributed by atoms with E-state index in [-0.39, 0.29) is 24.5 Å². The van der Waals surface area contributed by atoms with Gasteiger partial charge in [-0.3, -0.25) is 14.9 Å². The van der Waals surface area contributed by atoms with E-state index in [0.29, 0.717) is 0 Å². The van der Waals surface area contributed by atoms with Crippen molar-refractivity contribution < 1.29 is 38.2 Å². The summed E-state index contributed by atoms with van der Waals surface area (Å²) in [6.45, 7) is 4.27. The lowest BCUT2D eigenvalue weighted by atomic mass is 9.80. The lowest BCUT2D eigenvalue weighted by Crippen LogP contribution is -2.63. The van der Waals surface area contributed by atoms with Crippen molar-refractivity contribution >= 4 is 11.9 Å². The summed E-state index contributed by atoms with van der Waals surface area (Å²) >= 11 is 0. The number of rotatable bonds is 6. The third-order valence-corrected chi connectivity index (χ3v) is 4.12. The summed E-state index contributed by atoms with van der Waals surface area (Å²) in [6, 6.07) is -1.30. The van der Waals surface area contributed by atoms with Gasteiger partial charge in [-0.25, -0.2) is 4.79 Å². The third-order valence-electron chi connectivity index (χ3n) is 4.12. The Balaban J connectivity index is 2.43. The molecule has 25 heavy (non-hydrogen) atoms. The second-order valence-corrected chi connectivity index (χ2v) is 5.66. The first kappa shape index (κ1) is 19.1. The Morgan fingerprint density at radius 3 is 2.52 bits per heavy atom. The average Bonchev–Trinajstić information content (AvgIpc) is 2.53. The fourth-order valence-corrected chi connectivity index (χ4v) is 3.15. The van der Waals surface area contributed by atoms with E-state index in [1.54, 1.807) is 6.92 Å². The van der Waals surface area contributed by atoms with Crippen LogP contribution in [-0.2, 0) is 33.3 Å². The zero-order chi connectivity index (χ0) is 18.7. The molecule has 0 radical (unpaired) electrons. The van der Waals surface area contributed by atoms with Gasteiger partial charge in [0, 0.05) is 19.0 Å². The van der Waals surface area contributed by atoms with Crippen molar-refractivity contribution in [3.63, 3.8) is 0 Å². The average molecular weight is 359 g/mol. The summed E-state index contributed by atoms with van der Waals surface area (Å²) in [7, 11) is 1.32. The maximum atomic E-state index is 12.3. The number of ether oxygens (including phenoxy) is 5. The fraction of sp³-hybridized carbons (Fsp3) is 0.733. The Labute approximate surface area is 144 Å². The highest BCUT2D eigenvalue weighted by Crippen LogP contribution is 2.41. The first-order valence-corrected chi connectivity index (χ1v) is 7.81. The van der Waals surface area contributed by atoms with Gasteiger partial charge in [-0.2, -0.15) is 0 Å². The molecule has 2 aliphatic rings. The number of nitrogens with zero attached hydrogens (tertiary/aromatic N) is 1. The van der Waals surface area contributed by atoms with Crippen molar-refractivity contribution in [3.8, 4) is 0 Å². The van der Waals surface area contributed by atoms with Crippen molar-refractivity contribution in [3.05, 3.63) is 21.4 Å². The van der Waals surface area contributed by atoms with E-state index in [1.807, 2.05) is 0 Å². The Kier molecular flexibility index (Phi) is 5.96. The monoisotopic (exact) mass is 359 g/mol. The van der Waals surface area contributed by atoms with Crippen LogP contribution in [0.2, 0.25) is 0 Å². The molecule has 2 bridgehead atoms. The molecule has 2 aliphatic heterocycles. The highest BCUT2D eigenvalue weighted by atomic mass is 16.7. The van der Waals surface area contributed by atoms with Gasteiger partial charge in [-0.05, 0) is 13.8 Å². The Hall–Kier alpha value is -2.20. The summed E-state index contributed by atoms with van der Waals surface area (Å²) in [5, 5.41) is 11.7. The highest BCUT2D eigenvalue weighted by Gasteiger charge is 2.60. The van der Waals surface area contributed by atoms with Crippen LogP contribution in [-0.4, -0.2) is 61.7 Å². The van der Waals surface area contributed by atoms with Crippen LogP contribution in [0.1, 0.15) is 20.8 Å². The molecular formula is C15H21NO9. The quantitative estimate of drug-likeness (QED) is 0.377. The van der Waals surface area contributed by atoms with Crippen molar-refractivity contribution in [1.82, 2.24) is 0 Å². The summed E-state index contributed by atoms with van der Waals surface area (Å²) in [6.07, 6.45) is -3.01. The minimum Gasteiger partial charge on any atom is -0.484 e. The predicted octanol–water partition coefficient (Wildman–Crippen LogP) is 0.418. The van der Waals surface area contributed by atoms with Gasteiger partial charge in [0.2, 0.25) is 0 Å². The van der Waals surface area contributed by atoms with Gasteiger partial charge in [-0.15, -0.1) is 0 Å². The molecular weight excluding hydrogens is 338 g/mol. The molecule has 0 unspecified atom stereocenters. The summed E-state index contributed by atoms with van der Waals surface area (Å²) in [5.74, 6) is -2.04. The number of allylic oxidation sites excluding steroid dienone is 1. The zero-order valence-electron chi connectivity index (χ0n) is 14.4. The summed E-state index contributed by atoms with van der Waals surface area (Å²) in [4.78, 5) is 34.5. The van der Waals surface area contributed by atoms with Crippen LogP contribution in [0, 0.1) is 16.0 Å². The molecule has 2 rings (SSSR count). The molecule has 0 aliphatic carbocycles. The molecule has 0 saturated carbocycles. The van der Waals surface area contributed by atoms with Gasteiger partial charge in [-0.1, -0.05) is 0 Å². The molecule has 1 saturated heterocycles. The van der Waals surface area contributed by atoms with Gasteiger partial charge in [0.1, 0.15) is 24.4 Å². The van der Waals surface area contributed by atoms with Crippen LogP contribution < -0.4 is 0 Å². The Morgan fingerprint density at radius 2 is 2.00 bits per heavy atom. The maximum absolute atomic E-state index is 12.3. The van der Waals surface area contributed by atoms with Crippen LogP contribution in [0.5, 0.6) is 0 Å². The molecule has 140 valence electrons. The molecule has 0 aromatic heterocycles.